The van der Waals surface area contributed by atoms with Crippen LogP contribution in [0.3, 0.4) is 0 Å². The van der Waals surface area contributed by atoms with Gasteiger partial charge >= 0.3 is 0 Å². The van der Waals surface area contributed by atoms with Crippen LogP contribution in [0.2, 0.25) is 0 Å². The second-order valence-corrected chi connectivity index (χ2v) is 5.62. The number of aryl methyl sites for hydroxylation is 2. The van der Waals surface area contributed by atoms with Crippen LogP contribution in [-0.2, 0) is 6.54 Å². The summed E-state index contributed by atoms with van der Waals surface area (Å²) in [4.78, 5) is 0. The van der Waals surface area contributed by atoms with Crippen LogP contribution in [0.25, 0.3) is 0 Å². The molecule has 0 saturated heterocycles. The summed E-state index contributed by atoms with van der Waals surface area (Å²) >= 11 is 3.25. The van der Waals surface area contributed by atoms with Crippen LogP contribution in [-0.4, -0.2) is 0 Å². The maximum absolute atomic E-state index is 13.7. The van der Waals surface area contributed by atoms with E-state index in [1.54, 1.807) is 6.07 Å². The number of hydrogen-bond acceptors (Lipinski definition) is 2. The standard InChI is InChI=1S/C15H17BrFNO/c1-9-6-14(11(3)19-9)10(2)18-8-12-4-5-13(16)7-15(12)17/h4-7,10,18H,8H2,1-3H3. The fraction of sp³-hybridized carbons (Fsp3) is 0.333. The van der Waals surface area contributed by atoms with Gasteiger partial charge in [-0.05, 0) is 39.0 Å². The third-order valence-corrected chi connectivity index (χ3v) is 3.65. The first-order valence-electron chi connectivity index (χ1n) is 6.21. The summed E-state index contributed by atoms with van der Waals surface area (Å²) in [7, 11) is 0. The summed E-state index contributed by atoms with van der Waals surface area (Å²) in [5.41, 5.74) is 1.78. The van der Waals surface area contributed by atoms with Gasteiger partial charge in [0.05, 0.1) is 0 Å². The van der Waals surface area contributed by atoms with E-state index < -0.39 is 0 Å². The normalized spacial score (nSPS) is 12.7. The zero-order valence-corrected chi connectivity index (χ0v) is 12.8. The molecule has 102 valence electrons. The highest BCUT2D eigenvalue weighted by Gasteiger charge is 2.13. The predicted molar refractivity (Wildman–Crippen MR) is 77.5 cm³/mol. The first-order valence-corrected chi connectivity index (χ1v) is 7.01. The van der Waals surface area contributed by atoms with E-state index in [0.717, 1.165) is 21.6 Å². The molecule has 0 amide bonds. The molecular formula is C15H17BrFNO. The molecule has 1 atom stereocenters. The second-order valence-electron chi connectivity index (χ2n) is 4.71. The van der Waals surface area contributed by atoms with Crippen molar-refractivity contribution < 1.29 is 8.81 Å². The lowest BCUT2D eigenvalue weighted by atomic mass is 10.1. The molecule has 4 heteroatoms. The highest BCUT2D eigenvalue weighted by molar-refractivity contribution is 9.10. The molecule has 0 aliphatic rings. The average molecular weight is 326 g/mol. The first-order chi connectivity index (χ1) is 8.97. The maximum atomic E-state index is 13.7. The van der Waals surface area contributed by atoms with E-state index in [0.29, 0.717) is 12.1 Å². The first kappa shape index (κ1) is 14.3. The van der Waals surface area contributed by atoms with Crippen molar-refractivity contribution in [3.05, 3.63) is 57.2 Å². The Morgan fingerprint density at radius 3 is 2.63 bits per heavy atom. The van der Waals surface area contributed by atoms with E-state index in [2.05, 4.69) is 21.2 Å². The van der Waals surface area contributed by atoms with E-state index in [9.17, 15) is 4.39 Å². The van der Waals surface area contributed by atoms with Crippen LogP contribution in [0, 0.1) is 19.7 Å². The average Bonchev–Trinajstić information content (AvgIpc) is 2.67. The Bertz CT molecular complexity index is 580. The van der Waals surface area contributed by atoms with Gasteiger partial charge in [0, 0.05) is 28.2 Å². The monoisotopic (exact) mass is 325 g/mol. The Labute approximate surface area is 121 Å². The number of halogens is 2. The minimum Gasteiger partial charge on any atom is -0.466 e. The van der Waals surface area contributed by atoms with Gasteiger partial charge in [-0.1, -0.05) is 22.0 Å². The quantitative estimate of drug-likeness (QED) is 0.885. The van der Waals surface area contributed by atoms with Crippen LogP contribution in [0.4, 0.5) is 4.39 Å². The van der Waals surface area contributed by atoms with Gasteiger partial charge in [-0.3, -0.25) is 0 Å². The molecule has 0 aliphatic carbocycles. The van der Waals surface area contributed by atoms with Gasteiger partial charge in [0.25, 0.3) is 0 Å². The van der Waals surface area contributed by atoms with Crippen molar-refractivity contribution in [2.75, 3.05) is 0 Å². The van der Waals surface area contributed by atoms with Crippen molar-refractivity contribution in [2.45, 2.75) is 33.4 Å². The van der Waals surface area contributed by atoms with E-state index in [4.69, 9.17) is 4.42 Å². The number of furan rings is 1. The van der Waals surface area contributed by atoms with Gasteiger partial charge in [-0.2, -0.15) is 0 Å². The van der Waals surface area contributed by atoms with Gasteiger partial charge < -0.3 is 9.73 Å². The lowest BCUT2D eigenvalue weighted by Crippen LogP contribution is -2.19. The number of rotatable bonds is 4. The Morgan fingerprint density at radius 2 is 2.05 bits per heavy atom. The van der Waals surface area contributed by atoms with Crippen LogP contribution in [0.5, 0.6) is 0 Å². The fourth-order valence-corrected chi connectivity index (χ4v) is 2.45. The van der Waals surface area contributed by atoms with Crippen LogP contribution in [0.15, 0.2) is 33.2 Å². The van der Waals surface area contributed by atoms with Gasteiger partial charge in [0.1, 0.15) is 17.3 Å². The molecule has 2 aromatic rings. The molecular weight excluding hydrogens is 309 g/mol. The molecule has 1 unspecified atom stereocenters. The van der Waals surface area contributed by atoms with Crippen molar-refractivity contribution in [1.82, 2.24) is 5.32 Å². The summed E-state index contributed by atoms with van der Waals surface area (Å²) in [6.07, 6.45) is 0. The second kappa shape index (κ2) is 5.88. The molecule has 0 saturated carbocycles. The highest BCUT2D eigenvalue weighted by atomic mass is 79.9. The smallest absolute Gasteiger partial charge is 0.128 e. The molecule has 2 rings (SSSR count). The van der Waals surface area contributed by atoms with Crippen LogP contribution >= 0.6 is 15.9 Å². The summed E-state index contributed by atoms with van der Waals surface area (Å²) in [6, 6.07) is 7.25. The van der Waals surface area contributed by atoms with Crippen molar-refractivity contribution in [1.29, 1.82) is 0 Å². The third-order valence-electron chi connectivity index (χ3n) is 3.16. The summed E-state index contributed by atoms with van der Waals surface area (Å²) < 4.78 is 20.0. The highest BCUT2D eigenvalue weighted by Crippen LogP contribution is 2.22. The third kappa shape index (κ3) is 3.45. The van der Waals surface area contributed by atoms with Crippen molar-refractivity contribution in [2.24, 2.45) is 0 Å². The largest absolute Gasteiger partial charge is 0.466 e. The van der Waals surface area contributed by atoms with Gasteiger partial charge in [0.15, 0.2) is 0 Å². The van der Waals surface area contributed by atoms with Gasteiger partial charge in [-0.15, -0.1) is 0 Å². The molecule has 1 aromatic carbocycles. The van der Waals surface area contributed by atoms with E-state index >= 15 is 0 Å². The molecule has 1 aromatic heterocycles. The number of benzene rings is 1. The maximum Gasteiger partial charge on any atom is 0.128 e. The van der Waals surface area contributed by atoms with E-state index in [1.807, 2.05) is 32.9 Å². The van der Waals surface area contributed by atoms with E-state index in [-0.39, 0.29) is 11.9 Å². The molecule has 0 radical (unpaired) electrons. The fourth-order valence-electron chi connectivity index (χ4n) is 2.12. The lowest BCUT2D eigenvalue weighted by Gasteiger charge is -2.13. The molecule has 1 N–H and O–H groups in total. The number of hydrogen-bond donors (Lipinski definition) is 1. The SMILES string of the molecule is Cc1cc(C(C)NCc2ccc(Br)cc2F)c(C)o1. The van der Waals surface area contributed by atoms with Gasteiger partial charge in [-0.25, -0.2) is 4.39 Å². The Kier molecular flexibility index (Phi) is 4.42. The van der Waals surface area contributed by atoms with Crippen LogP contribution in [0.1, 0.15) is 35.6 Å². The predicted octanol–water partition coefficient (Wildman–Crippen LogP) is 4.65. The Balaban J connectivity index is 2.04. The molecule has 0 aliphatic heterocycles. The molecule has 0 fully saturated rings. The molecule has 1 heterocycles. The molecule has 2 nitrogen and oxygen atoms in total. The minimum atomic E-state index is -0.200. The lowest BCUT2D eigenvalue weighted by molar-refractivity contribution is 0.487. The van der Waals surface area contributed by atoms with Crippen molar-refractivity contribution >= 4 is 15.9 Å². The van der Waals surface area contributed by atoms with Gasteiger partial charge in [0.2, 0.25) is 0 Å². The summed E-state index contributed by atoms with van der Waals surface area (Å²) in [6.45, 7) is 6.41. The Hall–Kier alpha value is -1.13. The summed E-state index contributed by atoms with van der Waals surface area (Å²) in [5.74, 6) is 1.61. The topological polar surface area (TPSA) is 25.2 Å². The van der Waals surface area contributed by atoms with Crippen LogP contribution < -0.4 is 5.32 Å². The molecule has 0 spiro atoms. The van der Waals surface area contributed by atoms with Crippen molar-refractivity contribution in [3.63, 3.8) is 0 Å². The zero-order valence-electron chi connectivity index (χ0n) is 11.3. The molecule has 0 bridgehead atoms. The Morgan fingerprint density at radius 1 is 1.32 bits per heavy atom. The minimum absolute atomic E-state index is 0.125. The van der Waals surface area contributed by atoms with E-state index in [1.165, 1.54) is 6.07 Å². The zero-order chi connectivity index (χ0) is 14.0. The molecule has 19 heavy (non-hydrogen) atoms. The summed E-state index contributed by atoms with van der Waals surface area (Å²) in [5, 5.41) is 3.31. The van der Waals surface area contributed by atoms with Crippen molar-refractivity contribution in [3.8, 4) is 0 Å². The number of nitrogens with one attached hydrogen (secondary N) is 1.